The molecule has 1 unspecified atom stereocenters. The zero-order chi connectivity index (χ0) is 13.1. The van der Waals surface area contributed by atoms with Gasteiger partial charge in [0, 0.05) is 24.0 Å². The zero-order valence-corrected chi connectivity index (χ0v) is 11.0. The first-order valence-corrected chi connectivity index (χ1v) is 6.62. The number of fused-ring (bicyclic) bond motifs is 1. The maximum atomic E-state index is 5.51. The number of nitrogens with one attached hydrogen (secondary N) is 1. The lowest BCUT2D eigenvalue weighted by atomic mass is 10.0. The summed E-state index contributed by atoms with van der Waals surface area (Å²) in [6.07, 6.45) is 2.62. The van der Waals surface area contributed by atoms with Crippen LogP contribution in [-0.4, -0.2) is 31.5 Å². The SMILES string of the molecule is CNC(CC1OCCO1)c1cnc2ccccc2c1. The molecule has 0 radical (unpaired) electrons. The number of pyridine rings is 1. The van der Waals surface area contributed by atoms with Crippen LogP contribution in [0.2, 0.25) is 0 Å². The third-order valence-corrected chi connectivity index (χ3v) is 3.48. The van der Waals surface area contributed by atoms with Crippen molar-refractivity contribution in [2.45, 2.75) is 18.8 Å². The number of benzene rings is 1. The Bertz CT molecular complexity index is 553. The van der Waals surface area contributed by atoms with Gasteiger partial charge in [0.05, 0.1) is 18.7 Å². The van der Waals surface area contributed by atoms with E-state index in [1.54, 1.807) is 0 Å². The molecule has 0 spiro atoms. The summed E-state index contributed by atoms with van der Waals surface area (Å²) in [6.45, 7) is 1.38. The van der Waals surface area contributed by atoms with Gasteiger partial charge in [-0.3, -0.25) is 4.98 Å². The van der Waals surface area contributed by atoms with E-state index < -0.39 is 0 Å². The molecule has 1 aliphatic rings. The van der Waals surface area contributed by atoms with Crippen LogP contribution in [0.3, 0.4) is 0 Å². The molecule has 1 N–H and O–H groups in total. The fraction of sp³-hybridized carbons (Fsp3) is 0.400. The lowest BCUT2D eigenvalue weighted by Crippen LogP contribution is -2.23. The Morgan fingerprint density at radius 3 is 2.89 bits per heavy atom. The Hall–Kier alpha value is -1.49. The summed E-state index contributed by atoms with van der Waals surface area (Å²) in [5, 5.41) is 4.47. The Kier molecular flexibility index (Phi) is 3.73. The van der Waals surface area contributed by atoms with Gasteiger partial charge < -0.3 is 14.8 Å². The van der Waals surface area contributed by atoms with Gasteiger partial charge in [0.25, 0.3) is 0 Å². The van der Waals surface area contributed by atoms with Crippen LogP contribution in [0, 0.1) is 0 Å². The van der Waals surface area contributed by atoms with E-state index in [2.05, 4.69) is 22.4 Å². The molecule has 2 heterocycles. The molecule has 0 bridgehead atoms. The third-order valence-electron chi connectivity index (χ3n) is 3.48. The van der Waals surface area contributed by atoms with E-state index in [9.17, 15) is 0 Å². The van der Waals surface area contributed by atoms with Gasteiger partial charge in [-0.05, 0) is 24.7 Å². The molecule has 1 fully saturated rings. The van der Waals surface area contributed by atoms with Crippen LogP contribution in [-0.2, 0) is 9.47 Å². The number of ether oxygens (including phenoxy) is 2. The van der Waals surface area contributed by atoms with Crippen molar-refractivity contribution >= 4 is 10.9 Å². The molecule has 0 saturated carbocycles. The minimum absolute atomic E-state index is 0.107. The molecule has 0 amide bonds. The van der Waals surface area contributed by atoms with Crippen LogP contribution in [0.5, 0.6) is 0 Å². The van der Waals surface area contributed by atoms with Crippen LogP contribution in [0.1, 0.15) is 18.0 Å². The number of hydrogen-bond donors (Lipinski definition) is 1. The number of hydrogen-bond acceptors (Lipinski definition) is 4. The summed E-state index contributed by atoms with van der Waals surface area (Å²) in [7, 11) is 1.95. The first-order chi connectivity index (χ1) is 9.36. The first kappa shape index (κ1) is 12.5. The molecule has 4 nitrogen and oxygen atoms in total. The lowest BCUT2D eigenvalue weighted by molar-refractivity contribution is -0.0526. The normalized spacial score (nSPS) is 17.9. The van der Waals surface area contributed by atoms with Gasteiger partial charge in [0.15, 0.2) is 6.29 Å². The molecule has 3 rings (SSSR count). The second-order valence-corrected chi connectivity index (χ2v) is 4.71. The van der Waals surface area contributed by atoms with Crippen LogP contribution in [0.15, 0.2) is 36.5 Å². The number of para-hydroxylation sites is 1. The Balaban J connectivity index is 1.83. The van der Waals surface area contributed by atoms with Crippen LogP contribution < -0.4 is 5.32 Å². The lowest BCUT2D eigenvalue weighted by Gasteiger charge is -2.19. The van der Waals surface area contributed by atoms with Gasteiger partial charge in [0.2, 0.25) is 0 Å². The second-order valence-electron chi connectivity index (χ2n) is 4.71. The minimum atomic E-state index is -0.107. The highest BCUT2D eigenvalue weighted by Gasteiger charge is 2.21. The molecule has 100 valence electrons. The van der Waals surface area contributed by atoms with Gasteiger partial charge in [-0.15, -0.1) is 0 Å². The van der Waals surface area contributed by atoms with E-state index in [-0.39, 0.29) is 12.3 Å². The summed E-state index contributed by atoms with van der Waals surface area (Å²) in [4.78, 5) is 4.50. The fourth-order valence-corrected chi connectivity index (χ4v) is 2.43. The maximum Gasteiger partial charge on any atom is 0.159 e. The van der Waals surface area contributed by atoms with E-state index in [0.29, 0.717) is 13.2 Å². The largest absolute Gasteiger partial charge is 0.350 e. The number of rotatable bonds is 4. The topological polar surface area (TPSA) is 43.4 Å². The standard InChI is InChI=1S/C15H18N2O2/c1-16-14(9-15-18-6-7-19-15)12-8-11-4-2-3-5-13(11)17-10-12/h2-5,8,10,14-16H,6-7,9H2,1H3. The van der Waals surface area contributed by atoms with E-state index in [4.69, 9.17) is 9.47 Å². The Morgan fingerprint density at radius 2 is 2.11 bits per heavy atom. The summed E-state index contributed by atoms with van der Waals surface area (Å²) >= 11 is 0. The monoisotopic (exact) mass is 258 g/mol. The van der Waals surface area contributed by atoms with E-state index >= 15 is 0 Å². The summed E-state index contributed by atoms with van der Waals surface area (Å²) in [6, 6.07) is 10.5. The quantitative estimate of drug-likeness (QED) is 0.913. The predicted octanol–water partition coefficient (Wildman–Crippen LogP) is 2.26. The molecule has 4 heteroatoms. The van der Waals surface area contributed by atoms with Gasteiger partial charge in [-0.1, -0.05) is 18.2 Å². The highest BCUT2D eigenvalue weighted by molar-refractivity contribution is 5.78. The average molecular weight is 258 g/mol. The van der Waals surface area contributed by atoms with E-state index in [1.807, 2.05) is 31.4 Å². The van der Waals surface area contributed by atoms with Crippen molar-refractivity contribution in [3.63, 3.8) is 0 Å². The molecule has 1 aromatic heterocycles. The first-order valence-electron chi connectivity index (χ1n) is 6.62. The van der Waals surface area contributed by atoms with Crippen molar-refractivity contribution in [3.05, 3.63) is 42.1 Å². The van der Waals surface area contributed by atoms with Crippen molar-refractivity contribution < 1.29 is 9.47 Å². The molecule has 1 aliphatic heterocycles. The predicted molar refractivity (Wildman–Crippen MR) is 73.9 cm³/mol. The van der Waals surface area contributed by atoms with Gasteiger partial charge in [-0.25, -0.2) is 0 Å². The molecule has 1 aromatic carbocycles. The van der Waals surface area contributed by atoms with Crippen LogP contribution >= 0.6 is 0 Å². The average Bonchev–Trinajstić information content (AvgIpc) is 2.97. The van der Waals surface area contributed by atoms with Gasteiger partial charge in [0.1, 0.15) is 0 Å². The van der Waals surface area contributed by atoms with Crippen LogP contribution in [0.4, 0.5) is 0 Å². The Morgan fingerprint density at radius 1 is 1.32 bits per heavy atom. The van der Waals surface area contributed by atoms with Crippen molar-refractivity contribution in [1.82, 2.24) is 10.3 Å². The third kappa shape index (κ3) is 2.76. The second kappa shape index (κ2) is 5.65. The number of nitrogens with zero attached hydrogens (tertiary/aromatic N) is 1. The van der Waals surface area contributed by atoms with Crippen molar-refractivity contribution in [2.24, 2.45) is 0 Å². The maximum absolute atomic E-state index is 5.51. The Labute approximate surface area is 112 Å². The fourth-order valence-electron chi connectivity index (χ4n) is 2.43. The highest BCUT2D eigenvalue weighted by Crippen LogP contribution is 2.24. The molecule has 1 saturated heterocycles. The molecule has 1 atom stereocenters. The smallest absolute Gasteiger partial charge is 0.159 e. The van der Waals surface area contributed by atoms with E-state index in [1.165, 1.54) is 5.56 Å². The van der Waals surface area contributed by atoms with E-state index in [0.717, 1.165) is 17.3 Å². The summed E-state index contributed by atoms with van der Waals surface area (Å²) in [5.74, 6) is 0. The number of aromatic nitrogens is 1. The molecule has 2 aromatic rings. The zero-order valence-electron chi connectivity index (χ0n) is 11.0. The van der Waals surface area contributed by atoms with Gasteiger partial charge >= 0.3 is 0 Å². The van der Waals surface area contributed by atoms with Crippen molar-refractivity contribution in [1.29, 1.82) is 0 Å². The molecular weight excluding hydrogens is 240 g/mol. The molecule has 0 aliphatic carbocycles. The molecular formula is C15H18N2O2. The summed E-state index contributed by atoms with van der Waals surface area (Å²) < 4.78 is 11.0. The highest BCUT2D eigenvalue weighted by atomic mass is 16.7. The molecule has 19 heavy (non-hydrogen) atoms. The van der Waals surface area contributed by atoms with Crippen molar-refractivity contribution in [2.75, 3.05) is 20.3 Å². The van der Waals surface area contributed by atoms with Crippen molar-refractivity contribution in [3.8, 4) is 0 Å². The minimum Gasteiger partial charge on any atom is -0.350 e. The van der Waals surface area contributed by atoms with Crippen LogP contribution in [0.25, 0.3) is 10.9 Å². The summed E-state index contributed by atoms with van der Waals surface area (Å²) in [5.41, 5.74) is 2.19. The van der Waals surface area contributed by atoms with Gasteiger partial charge in [-0.2, -0.15) is 0 Å².